The first kappa shape index (κ1) is 13.7. The van der Waals surface area contributed by atoms with Crippen LogP contribution >= 0.6 is 11.6 Å². The van der Waals surface area contributed by atoms with Crippen LogP contribution in [0.15, 0.2) is 48.5 Å². The molecule has 1 aliphatic rings. The third kappa shape index (κ3) is 2.11. The molecule has 1 N–H and O–H groups in total. The van der Waals surface area contributed by atoms with Crippen LogP contribution in [0.4, 0.5) is 4.39 Å². The average molecular weight is 316 g/mol. The Bertz CT molecular complexity index is 845. The minimum atomic E-state index is -0.889. The molecule has 4 rings (SSSR count). The van der Waals surface area contributed by atoms with Crippen LogP contribution in [-0.2, 0) is 18.0 Å². The Balaban J connectivity index is 1.82. The van der Waals surface area contributed by atoms with E-state index in [4.69, 9.17) is 11.6 Å². The molecule has 0 bridgehead atoms. The van der Waals surface area contributed by atoms with Gasteiger partial charge in [-0.2, -0.15) is 0 Å². The van der Waals surface area contributed by atoms with Crippen molar-refractivity contribution >= 4 is 22.6 Å². The molecule has 3 aromatic rings. The Labute approximate surface area is 132 Å². The molecule has 0 saturated carbocycles. The first-order valence-electron chi connectivity index (χ1n) is 7.30. The molecule has 1 unspecified atom stereocenters. The van der Waals surface area contributed by atoms with E-state index in [1.54, 1.807) is 12.1 Å². The number of alkyl halides is 1. The van der Waals surface area contributed by atoms with E-state index in [1.165, 1.54) is 6.07 Å². The van der Waals surface area contributed by atoms with Gasteiger partial charge in [0.1, 0.15) is 11.6 Å². The molecule has 0 amide bonds. The van der Waals surface area contributed by atoms with Crippen molar-refractivity contribution in [1.29, 1.82) is 0 Å². The smallest absolute Gasteiger partial charge is 0.156 e. The lowest BCUT2D eigenvalue weighted by Gasteiger charge is -2.33. The summed E-state index contributed by atoms with van der Waals surface area (Å²) in [6, 6.07) is 14.7. The van der Waals surface area contributed by atoms with Crippen molar-refractivity contribution in [2.45, 2.75) is 18.0 Å². The van der Waals surface area contributed by atoms with Gasteiger partial charge in [0, 0.05) is 19.5 Å². The van der Waals surface area contributed by atoms with Crippen molar-refractivity contribution in [1.82, 2.24) is 14.9 Å². The molecule has 1 atom stereocenters. The molecule has 3 nitrogen and oxygen atoms in total. The fourth-order valence-corrected chi connectivity index (χ4v) is 3.48. The third-order valence-electron chi connectivity index (χ3n) is 4.14. The van der Waals surface area contributed by atoms with Crippen molar-refractivity contribution in [2.24, 2.45) is 0 Å². The van der Waals surface area contributed by atoms with Crippen LogP contribution in [0, 0.1) is 5.82 Å². The monoisotopic (exact) mass is 315 g/mol. The van der Waals surface area contributed by atoms with Gasteiger partial charge < -0.3 is 4.57 Å². The normalized spacial score (nSPS) is 21.0. The van der Waals surface area contributed by atoms with Gasteiger partial charge in [-0.3, -0.25) is 5.32 Å². The van der Waals surface area contributed by atoms with Crippen molar-refractivity contribution in [3.63, 3.8) is 0 Å². The number of halogens is 2. The number of rotatable bonds is 2. The predicted octanol–water partition coefficient (Wildman–Crippen LogP) is 3.41. The van der Waals surface area contributed by atoms with Gasteiger partial charge in [-0.25, -0.2) is 9.37 Å². The van der Waals surface area contributed by atoms with E-state index in [1.807, 2.05) is 30.3 Å². The van der Waals surface area contributed by atoms with Crippen LogP contribution in [0.3, 0.4) is 0 Å². The third-order valence-corrected chi connectivity index (χ3v) is 4.58. The maximum Gasteiger partial charge on any atom is 0.156 e. The number of imidazole rings is 1. The fourth-order valence-electron chi connectivity index (χ4n) is 3.10. The van der Waals surface area contributed by atoms with E-state index in [0.29, 0.717) is 12.0 Å². The summed E-state index contributed by atoms with van der Waals surface area (Å²) in [5.41, 5.74) is 2.57. The second-order valence-corrected chi connectivity index (χ2v) is 6.22. The van der Waals surface area contributed by atoms with E-state index >= 15 is 0 Å². The van der Waals surface area contributed by atoms with Crippen LogP contribution in [0.1, 0.15) is 11.4 Å². The SMILES string of the molecule is Fc1ccccc1CC1(Cl)NCCn2c1nc1ccccc12. The zero-order valence-electron chi connectivity index (χ0n) is 11.9. The summed E-state index contributed by atoms with van der Waals surface area (Å²) >= 11 is 6.82. The minimum Gasteiger partial charge on any atom is -0.324 e. The van der Waals surface area contributed by atoms with Crippen LogP contribution in [0.5, 0.6) is 0 Å². The molecule has 0 radical (unpaired) electrons. The Morgan fingerprint density at radius 1 is 1.18 bits per heavy atom. The molecule has 0 saturated heterocycles. The quantitative estimate of drug-likeness (QED) is 0.580. The van der Waals surface area contributed by atoms with E-state index in [9.17, 15) is 4.39 Å². The number of hydrogen-bond donors (Lipinski definition) is 1. The molecule has 0 fully saturated rings. The molecule has 0 spiro atoms. The molecule has 5 heteroatoms. The summed E-state index contributed by atoms with van der Waals surface area (Å²) in [6.07, 6.45) is 0.352. The fraction of sp³-hybridized carbons (Fsp3) is 0.235. The van der Waals surface area contributed by atoms with Crippen molar-refractivity contribution < 1.29 is 4.39 Å². The number of aromatic nitrogens is 2. The molecular formula is C17H15ClFN3. The molecule has 22 heavy (non-hydrogen) atoms. The minimum absolute atomic E-state index is 0.238. The molecule has 112 valence electrons. The summed E-state index contributed by atoms with van der Waals surface area (Å²) in [5, 5.41) is 3.30. The molecule has 1 aromatic heterocycles. The highest BCUT2D eigenvalue weighted by molar-refractivity contribution is 6.23. The maximum absolute atomic E-state index is 14.0. The molecule has 1 aliphatic heterocycles. The summed E-state index contributed by atoms with van der Waals surface area (Å²) < 4.78 is 16.1. The van der Waals surface area contributed by atoms with Gasteiger partial charge in [0.05, 0.1) is 11.0 Å². The van der Waals surface area contributed by atoms with Crippen molar-refractivity contribution in [2.75, 3.05) is 6.54 Å². The van der Waals surface area contributed by atoms with Crippen LogP contribution in [-0.4, -0.2) is 16.1 Å². The molecule has 0 aliphatic carbocycles. The van der Waals surface area contributed by atoms with Gasteiger partial charge in [0.15, 0.2) is 5.00 Å². The first-order valence-corrected chi connectivity index (χ1v) is 7.68. The summed E-state index contributed by atoms with van der Waals surface area (Å²) in [4.78, 5) is 3.79. The summed E-state index contributed by atoms with van der Waals surface area (Å²) in [7, 11) is 0. The largest absolute Gasteiger partial charge is 0.324 e. The second kappa shape index (κ2) is 5.07. The van der Waals surface area contributed by atoms with E-state index in [-0.39, 0.29) is 5.82 Å². The molecule has 2 heterocycles. The average Bonchev–Trinajstić information content (AvgIpc) is 2.91. The Morgan fingerprint density at radius 2 is 1.95 bits per heavy atom. The van der Waals surface area contributed by atoms with Gasteiger partial charge in [-0.1, -0.05) is 41.9 Å². The van der Waals surface area contributed by atoms with Gasteiger partial charge in [0.2, 0.25) is 0 Å². The summed E-state index contributed by atoms with van der Waals surface area (Å²) in [6.45, 7) is 1.53. The Kier molecular flexibility index (Phi) is 3.17. The number of nitrogens with one attached hydrogen (secondary N) is 1. The number of hydrogen-bond acceptors (Lipinski definition) is 2. The number of fused-ring (bicyclic) bond motifs is 3. The zero-order chi connectivity index (χ0) is 15.2. The first-order chi connectivity index (χ1) is 10.7. The van der Waals surface area contributed by atoms with E-state index < -0.39 is 5.00 Å². The highest BCUT2D eigenvalue weighted by Gasteiger charge is 2.38. The maximum atomic E-state index is 14.0. The van der Waals surface area contributed by atoms with Crippen molar-refractivity contribution in [3.8, 4) is 0 Å². The lowest BCUT2D eigenvalue weighted by atomic mass is 10.0. The summed E-state index contributed by atoms with van der Waals surface area (Å²) in [5.74, 6) is 0.516. The Hall–Kier alpha value is -1.91. The highest BCUT2D eigenvalue weighted by atomic mass is 35.5. The predicted molar refractivity (Wildman–Crippen MR) is 85.4 cm³/mol. The number of nitrogens with zero attached hydrogens (tertiary/aromatic N) is 2. The van der Waals surface area contributed by atoms with Gasteiger partial charge in [-0.15, -0.1) is 0 Å². The molecular weight excluding hydrogens is 301 g/mol. The van der Waals surface area contributed by atoms with Crippen LogP contribution in [0.25, 0.3) is 11.0 Å². The van der Waals surface area contributed by atoms with E-state index in [0.717, 1.165) is 29.9 Å². The Morgan fingerprint density at radius 3 is 2.82 bits per heavy atom. The van der Waals surface area contributed by atoms with E-state index in [2.05, 4.69) is 14.9 Å². The lowest BCUT2D eigenvalue weighted by molar-refractivity contribution is 0.367. The number of para-hydroxylation sites is 2. The number of benzene rings is 2. The topological polar surface area (TPSA) is 29.9 Å². The standard InChI is InChI=1S/C17H15ClFN3/c18-17(11-12-5-1-2-6-13(12)19)16-21-14-7-3-4-8-15(14)22(16)10-9-20-17/h1-8,20H,9-11H2. The van der Waals surface area contributed by atoms with Crippen molar-refractivity contribution in [3.05, 3.63) is 65.7 Å². The van der Waals surface area contributed by atoms with Gasteiger partial charge in [-0.05, 0) is 23.8 Å². The van der Waals surface area contributed by atoms with Crippen LogP contribution < -0.4 is 5.32 Å². The van der Waals surface area contributed by atoms with Gasteiger partial charge >= 0.3 is 0 Å². The highest BCUT2D eigenvalue weighted by Crippen LogP contribution is 2.34. The van der Waals surface area contributed by atoms with Crippen LogP contribution in [0.2, 0.25) is 0 Å². The lowest BCUT2D eigenvalue weighted by Crippen LogP contribution is -2.47. The molecule has 2 aromatic carbocycles. The zero-order valence-corrected chi connectivity index (χ0v) is 12.6. The van der Waals surface area contributed by atoms with Gasteiger partial charge in [0.25, 0.3) is 0 Å². The second-order valence-electron chi connectivity index (χ2n) is 5.57.